The van der Waals surface area contributed by atoms with Gasteiger partial charge in [0, 0.05) is 30.8 Å². The lowest BCUT2D eigenvalue weighted by molar-refractivity contribution is -0.122. The molecule has 0 saturated heterocycles. The number of para-hydroxylation sites is 1. The largest absolute Gasteiger partial charge is 0.480 e. The van der Waals surface area contributed by atoms with Crippen LogP contribution in [0.4, 0.5) is 11.5 Å². The van der Waals surface area contributed by atoms with Gasteiger partial charge in [-0.3, -0.25) is 14.3 Å². The standard InChI is InChI=1S/C21H20N4O3/c1-13-10-19(25(2)24-13)23-20(26)15-7-5-8-16(11-15)22-21(27)18-12-14-6-3-4-9-17(14)28-18/h3-11,18H,12H2,1-2H3,(H,22,27)(H,23,26). The molecule has 0 fully saturated rings. The summed E-state index contributed by atoms with van der Waals surface area (Å²) in [7, 11) is 1.76. The summed E-state index contributed by atoms with van der Waals surface area (Å²) >= 11 is 0. The number of nitrogens with one attached hydrogen (secondary N) is 2. The van der Waals surface area contributed by atoms with E-state index in [-0.39, 0.29) is 11.8 Å². The van der Waals surface area contributed by atoms with Crippen molar-refractivity contribution in [2.75, 3.05) is 10.6 Å². The van der Waals surface area contributed by atoms with Crippen LogP contribution < -0.4 is 15.4 Å². The Labute approximate surface area is 162 Å². The van der Waals surface area contributed by atoms with Crippen molar-refractivity contribution in [3.8, 4) is 5.75 Å². The molecule has 1 aliphatic heterocycles. The smallest absolute Gasteiger partial charge is 0.265 e. The van der Waals surface area contributed by atoms with Crippen LogP contribution in [0.2, 0.25) is 0 Å². The minimum absolute atomic E-state index is 0.240. The summed E-state index contributed by atoms with van der Waals surface area (Å²) in [6, 6.07) is 16.2. The number of amides is 2. The van der Waals surface area contributed by atoms with Crippen LogP contribution in [0.15, 0.2) is 54.6 Å². The van der Waals surface area contributed by atoms with E-state index in [4.69, 9.17) is 4.74 Å². The summed E-state index contributed by atoms with van der Waals surface area (Å²) in [6.45, 7) is 1.86. The highest BCUT2D eigenvalue weighted by molar-refractivity contribution is 6.05. The maximum atomic E-state index is 12.6. The molecule has 1 unspecified atom stereocenters. The third-order valence-corrected chi connectivity index (χ3v) is 4.58. The van der Waals surface area contributed by atoms with Gasteiger partial charge in [-0.1, -0.05) is 24.3 Å². The van der Waals surface area contributed by atoms with Gasteiger partial charge in [-0.25, -0.2) is 0 Å². The number of ether oxygens (including phenoxy) is 1. The number of aryl methyl sites for hydroxylation is 2. The Hall–Kier alpha value is -3.61. The zero-order chi connectivity index (χ0) is 19.7. The maximum Gasteiger partial charge on any atom is 0.265 e. The monoisotopic (exact) mass is 376 g/mol. The zero-order valence-electron chi connectivity index (χ0n) is 15.6. The van der Waals surface area contributed by atoms with E-state index in [0.29, 0.717) is 23.5 Å². The van der Waals surface area contributed by atoms with Crippen molar-refractivity contribution in [2.24, 2.45) is 7.05 Å². The Morgan fingerprint density at radius 1 is 1.11 bits per heavy atom. The lowest BCUT2D eigenvalue weighted by Gasteiger charge is -2.12. The van der Waals surface area contributed by atoms with Crippen LogP contribution in [-0.2, 0) is 18.3 Å². The Morgan fingerprint density at radius 2 is 1.93 bits per heavy atom. The van der Waals surface area contributed by atoms with Gasteiger partial charge < -0.3 is 15.4 Å². The van der Waals surface area contributed by atoms with Crippen molar-refractivity contribution in [1.82, 2.24) is 9.78 Å². The van der Waals surface area contributed by atoms with Crippen LogP contribution in [0, 0.1) is 6.92 Å². The van der Waals surface area contributed by atoms with E-state index in [1.165, 1.54) is 0 Å². The number of benzene rings is 2. The number of aromatic nitrogens is 2. The molecular formula is C21H20N4O3. The summed E-state index contributed by atoms with van der Waals surface area (Å²) in [4.78, 5) is 25.1. The summed E-state index contributed by atoms with van der Waals surface area (Å²) in [5, 5.41) is 9.86. The molecule has 7 heteroatoms. The fourth-order valence-electron chi connectivity index (χ4n) is 3.21. The zero-order valence-corrected chi connectivity index (χ0v) is 15.6. The van der Waals surface area contributed by atoms with Gasteiger partial charge in [0.05, 0.1) is 5.69 Å². The molecule has 0 saturated carbocycles. The lowest BCUT2D eigenvalue weighted by atomic mass is 10.1. The minimum Gasteiger partial charge on any atom is -0.480 e. The fraction of sp³-hybridized carbons (Fsp3) is 0.190. The van der Waals surface area contributed by atoms with Crippen molar-refractivity contribution in [3.63, 3.8) is 0 Å². The maximum absolute atomic E-state index is 12.6. The second-order valence-electron chi connectivity index (χ2n) is 6.74. The second-order valence-corrected chi connectivity index (χ2v) is 6.74. The van der Waals surface area contributed by atoms with E-state index in [1.54, 1.807) is 42.1 Å². The first kappa shape index (κ1) is 17.8. The molecule has 2 heterocycles. The average molecular weight is 376 g/mol. The Balaban J connectivity index is 1.43. The molecule has 1 atom stereocenters. The number of hydrogen-bond acceptors (Lipinski definition) is 4. The van der Waals surface area contributed by atoms with Crippen LogP contribution in [0.25, 0.3) is 0 Å². The molecule has 7 nitrogen and oxygen atoms in total. The summed E-state index contributed by atoms with van der Waals surface area (Å²) in [5.74, 6) is 0.830. The molecule has 0 aliphatic carbocycles. The molecule has 1 aromatic heterocycles. The van der Waals surface area contributed by atoms with Gasteiger partial charge in [0.2, 0.25) is 0 Å². The Kier molecular flexibility index (Phi) is 4.57. The summed E-state index contributed by atoms with van der Waals surface area (Å²) in [6.07, 6.45) is -0.0468. The van der Waals surface area contributed by atoms with Gasteiger partial charge in [0.1, 0.15) is 11.6 Å². The van der Waals surface area contributed by atoms with Gasteiger partial charge >= 0.3 is 0 Å². The number of rotatable bonds is 4. The topological polar surface area (TPSA) is 85.3 Å². The Bertz CT molecular complexity index is 1030. The van der Waals surface area contributed by atoms with E-state index >= 15 is 0 Å². The molecule has 2 amide bonds. The molecule has 0 bridgehead atoms. The van der Waals surface area contributed by atoms with Gasteiger partial charge in [0.25, 0.3) is 11.8 Å². The molecule has 142 valence electrons. The molecule has 2 aromatic carbocycles. The van der Waals surface area contributed by atoms with Crippen molar-refractivity contribution in [2.45, 2.75) is 19.4 Å². The first-order valence-electron chi connectivity index (χ1n) is 8.97. The summed E-state index contributed by atoms with van der Waals surface area (Å²) in [5.41, 5.74) is 2.81. The third-order valence-electron chi connectivity index (χ3n) is 4.58. The van der Waals surface area contributed by atoms with E-state index in [0.717, 1.165) is 17.0 Å². The minimum atomic E-state index is -0.577. The number of carbonyl (C=O) groups is 2. The SMILES string of the molecule is Cc1cc(NC(=O)c2cccc(NC(=O)C3Cc4ccccc4O3)c2)n(C)n1. The lowest BCUT2D eigenvalue weighted by Crippen LogP contribution is -2.31. The number of carbonyl (C=O) groups excluding carboxylic acids is 2. The van der Waals surface area contributed by atoms with Crippen LogP contribution in [0.5, 0.6) is 5.75 Å². The van der Waals surface area contributed by atoms with Gasteiger partial charge in [0.15, 0.2) is 6.10 Å². The first-order valence-corrected chi connectivity index (χ1v) is 8.97. The highest BCUT2D eigenvalue weighted by Crippen LogP contribution is 2.28. The summed E-state index contributed by atoms with van der Waals surface area (Å²) < 4.78 is 7.32. The molecule has 28 heavy (non-hydrogen) atoms. The second kappa shape index (κ2) is 7.19. The van der Waals surface area contributed by atoms with Crippen LogP contribution in [-0.4, -0.2) is 27.7 Å². The number of fused-ring (bicyclic) bond motifs is 1. The van der Waals surface area contributed by atoms with Crippen LogP contribution in [0.3, 0.4) is 0 Å². The number of anilines is 2. The molecule has 0 spiro atoms. The van der Waals surface area contributed by atoms with Crippen molar-refractivity contribution >= 4 is 23.3 Å². The predicted molar refractivity (Wildman–Crippen MR) is 106 cm³/mol. The van der Waals surface area contributed by atoms with Crippen LogP contribution in [0.1, 0.15) is 21.6 Å². The molecular weight excluding hydrogens is 356 g/mol. The molecule has 3 aromatic rings. The molecule has 4 rings (SSSR count). The number of hydrogen-bond donors (Lipinski definition) is 2. The van der Waals surface area contributed by atoms with Gasteiger partial charge in [-0.15, -0.1) is 0 Å². The molecule has 0 radical (unpaired) electrons. The third kappa shape index (κ3) is 3.59. The quantitative estimate of drug-likeness (QED) is 0.733. The van der Waals surface area contributed by atoms with Crippen molar-refractivity contribution < 1.29 is 14.3 Å². The number of nitrogens with zero attached hydrogens (tertiary/aromatic N) is 2. The first-order chi connectivity index (χ1) is 13.5. The van der Waals surface area contributed by atoms with Gasteiger partial charge in [-0.05, 0) is 36.8 Å². The van der Waals surface area contributed by atoms with E-state index in [9.17, 15) is 9.59 Å². The van der Waals surface area contributed by atoms with Crippen molar-refractivity contribution in [1.29, 1.82) is 0 Å². The average Bonchev–Trinajstić information content (AvgIpc) is 3.24. The van der Waals surface area contributed by atoms with E-state index in [1.807, 2.05) is 31.2 Å². The van der Waals surface area contributed by atoms with E-state index < -0.39 is 6.10 Å². The van der Waals surface area contributed by atoms with E-state index in [2.05, 4.69) is 15.7 Å². The van der Waals surface area contributed by atoms with Crippen LogP contribution >= 0.6 is 0 Å². The Morgan fingerprint density at radius 3 is 2.68 bits per heavy atom. The normalized spacial score (nSPS) is 14.9. The highest BCUT2D eigenvalue weighted by Gasteiger charge is 2.28. The fourth-order valence-corrected chi connectivity index (χ4v) is 3.21. The molecule has 2 N–H and O–H groups in total. The van der Waals surface area contributed by atoms with Gasteiger partial charge in [-0.2, -0.15) is 5.10 Å². The predicted octanol–water partition coefficient (Wildman–Crippen LogP) is 2.92. The highest BCUT2D eigenvalue weighted by atomic mass is 16.5. The molecule has 1 aliphatic rings. The van der Waals surface area contributed by atoms with Crippen molar-refractivity contribution in [3.05, 3.63) is 71.4 Å².